The molecule has 7 nitrogen and oxygen atoms in total. The zero-order chi connectivity index (χ0) is 24.2. The van der Waals surface area contributed by atoms with Crippen molar-refractivity contribution in [3.8, 4) is 0 Å². The lowest BCUT2D eigenvalue weighted by molar-refractivity contribution is 0.0168. The van der Waals surface area contributed by atoms with Crippen LogP contribution in [0.25, 0.3) is 0 Å². The summed E-state index contributed by atoms with van der Waals surface area (Å²) in [6, 6.07) is 8.58. The molecular weight excluding hydrogens is 445 g/mol. The van der Waals surface area contributed by atoms with E-state index in [2.05, 4.69) is 4.72 Å². The Bertz CT molecular complexity index is 1110. The minimum Gasteiger partial charge on any atom is -0.378 e. The Morgan fingerprint density at radius 3 is 2.55 bits per heavy atom. The largest absolute Gasteiger partial charge is 0.378 e. The smallest absolute Gasteiger partial charge is 0.278 e. The SMILES string of the molecule is Cc1cc([C@@H](CNS(=O)(=O)N(C)C)CO[C@H]2CC[C@@H](c3cccc(F)c3)CC2)c(=O)n(C)c1. The highest BCUT2D eigenvalue weighted by atomic mass is 32.2. The molecule has 1 atom stereocenters. The maximum atomic E-state index is 13.6. The Hall–Kier alpha value is -2.07. The van der Waals surface area contributed by atoms with Crippen molar-refractivity contribution in [2.45, 2.75) is 50.5 Å². The molecule has 0 saturated heterocycles. The summed E-state index contributed by atoms with van der Waals surface area (Å²) in [7, 11) is 0.968. The number of nitrogens with zero attached hydrogens (tertiary/aromatic N) is 2. The minimum atomic E-state index is -3.63. The van der Waals surface area contributed by atoms with E-state index in [4.69, 9.17) is 4.74 Å². The summed E-state index contributed by atoms with van der Waals surface area (Å²) in [6.07, 6.45) is 5.25. The molecule has 0 bridgehead atoms. The lowest BCUT2D eigenvalue weighted by atomic mass is 9.82. The molecule has 3 rings (SSSR count). The fourth-order valence-electron chi connectivity index (χ4n) is 4.37. The zero-order valence-corrected chi connectivity index (χ0v) is 20.6. The van der Waals surface area contributed by atoms with Crippen LogP contribution in [0.5, 0.6) is 0 Å². The van der Waals surface area contributed by atoms with E-state index in [1.165, 1.54) is 24.7 Å². The van der Waals surface area contributed by atoms with E-state index in [1.807, 2.05) is 13.0 Å². The van der Waals surface area contributed by atoms with Crippen molar-refractivity contribution in [1.82, 2.24) is 13.6 Å². The van der Waals surface area contributed by atoms with Gasteiger partial charge in [-0.2, -0.15) is 12.7 Å². The first kappa shape index (κ1) is 25.6. The molecule has 1 aliphatic carbocycles. The van der Waals surface area contributed by atoms with Gasteiger partial charge in [-0.1, -0.05) is 12.1 Å². The van der Waals surface area contributed by atoms with Crippen molar-refractivity contribution in [1.29, 1.82) is 0 Å². The Morgan fingerprint density at radius 2 is 1.91 bits per heavy atom. The first-order chi connectivity index (χ1) is 15.6. The first-order valence-electron chi connectivity index (χ1n) is 11.3. The highest BCUT2D eigenvalue weighted by molar-refractivity contribution is 7.87. The van der Waals surface area contributed by atoms with Gasteiger partial charge < -0.3 is 9.30 Å². The van der Waals surface area contributed by atoms with Gasteiger partial charge in [0.1, 0.15) is 5.82 Å². The number of hydrogen-bond acceptors (Lipinski definition) is 4. The molecule has 1 aromatic heterocycles. The Morgan fingerprint density at radius 1 is 1.21 bits per heavy atom. The topological polar surface area (TPSA) is 80.6 Å². The van der Waals surface area contributed by atoms with Gasteiger partial charge in [-0.15, -0.1) is 0 Å². The number of nitrogens with one attached hydrogen (secondary N) is 1. The van der Waals surface area contributed by atoms with E-state index >= 15 is 0 Å². The van der Waals surface area contributed by atoms with Crippen LogP contribution < -0.4 is 10.3 Å². The van der Waals surface area contributed by atoms with Gasteiger partial charge in [0.05, 0.1) is 12.7 Å². The van der Waals surface area contributed by atoms with Gasteiger partial charge in [-0.05, 0) is 67.9 Å². The Balaban J connectivity index is 1.67. The van der Waals surface area contributed by atoms with E-state index in [9.17, 15) is 17.6 Å². The van der Waals surface area contributed by atoms with E-state index in [1.54, 1.807) is 31.4 Å². The van der Waals surface area contributed by atoms with Gasteiger partial charge in [0.25, 0.3) is 15.8 Å². The van der Waals surface area contributed by atoms with Crippen LogP contribution in [-0.4, -0.2) is 50.6 Å². The van der Waals surface area contributed by atoms with Crippen LogP contribution in [-0.2, 0) is 22.0 Å². The maximum Gasteiger partial charge on any atom is 0.278 e. The van der Waals surface area contributed by atoms with Crippen LogP contribution >= 0.6 is 0 Å². The lowest BCUT2D eigenvalue weighted by Crippen LogP contribution is -2.40. The number of rotatable bonds is 9. The maximum absolute atomic E-state index is 13.6. The van der Waals surface area contributed by atoms with Crippen molar-refractivity contribution in [3.05, 3.63) is 69.4 Å². The highest BCUT2D eigenvalue weighted by Crippen LogP contribution is 2.34. The van der Waals surface area contributed by atoms with Crippen LogP contribution in [0.3, 0.4) is 0 Å². The van der Waals surface area contributed by atoms with E-state index in [-0.39, 0.29) is 30.6 Å². The van der Waals surface area contributed by atoms with Crippen LogP contribution in [0.2, 0.25) is 0 Å². The molecule has 1 fully saturated rings. The Kier molecular flexibility index (Phi) is 8.44. The van der Waals surface area contributed by atoms with Gasteiger partial charge >= 0.3 is 0 Å². The van der Waals surface area contributed by atoms with Crippen molar-refractivity contribution in [2.24, 2.45) is 7.05 Å². The van der Waals surface area contributed by atoms with Crippen molar-refractivity contribution < 1.29 is 17.5 Å². The normalized spacial score (nSPS) is 20.2. The number of benzene rings is 1. The molecule has 1 N–H and O–H groups in total. The molecule has 1 aromatic carbocycles. The average molecular weight is 480 g/mol. The summed E-state index contributed by atoms with van der Waals surface area (Å²) in [5.74, 6) is -0.319. The first-order valence-corrected chi connectivity index (χ1v) is 12.7. The standard InChI is InChI=1S/C24H34FN3O4S/c1-17-12-23(24(29)28(4)15-17)20(14-26-33(30,31)27(2)3)16-32-22-10-8-18(9-11-22)19-6-5-7-21(25)13-19/h5-7,12-13,15,18,20,22,26H,8-11,14,16H2,1-4H3/t18-,20-,22+/m0/s1. The number of aryl methyl sites for hydroxylation is 2. The quantitative estimate of drug-likeness (QED) is 0.600. The highest BCUT2D eigenvalue weighted by Gasteiger charge is 2.26. The third-order valence-electron chi connectivity index (χ3n) is 6.31. The summed E-state index contributed by atoms with van der Waals surface area (Å²) < 4.78 is 49.5. The summed E-state index contributed by atoms with van der Waals surface area (Å²) >= 11 is 0. The van der Waals surface area contributed by atoms with Gasteiger partial charge in [0, 0.05) is 45.4 Å². The van der Waals surface area contributed by atoms with E-state index < -0.39 is 16.1 Å². The van der Waals surface area contributed by atoms with Crippen LogP contribution in [0.1, 0.15) is 54.2 Å². The molecular formula is C24H34FN3O4S. The lowest BCUT2D eigenvalue weighted by Gasteiger charge is -2.30. The van der Waals surface area contributed by atoms with Crippen molar-refractivity contribution in [3.63, 3.8) is 0 Å². The van der Waals surface area contributed by atoms with Gasteiger partial charge in [0.15, 0.2) is 0 Å². The van der Waals surface area contributed by atoms with Crippen LogP contribution in [0, 0.1) is 12.7 Å². The molecule has 9 heteroatoms. The number of hydrogen-bond donors (Lipinski definition) is 1. The molecule has 33 heavy (non-hydrogen) atoms. The summed E-state index contributed by atoms with van der Waals surface area (Å²) in [5, 5.41) is 0. The third-order valence-corrected chi connectivity index (χ3v) is 7.80. The van der Waals surface area contributed by atoms with Gasteiger partial charge in [-0.3, -0.25) is 4.79 Å². The summed E-state index contributed by atoms with van der Waals surface area (Å²) in [5.41, 5.74) is 2.32. The summed E-state index contributed by atoms with van der Waals surface area (Å²) in [4.78, 5) is 12.8. The molecule has 1 heterocycles. The fraction of sp³-hybridized carbons (Fsp3) is 0.542. The fourth-order valence-corrected chi connectivity index (χ4v) is 5.04. The third kappa shape index (κ3) is 6.72. The van der Waals surface area contributed by atoms with E-state index in [0.29, 0.717) is 11.5 Å². The monoisotopic (exact) mass is 479 g/mol. The van der Waals surface area contributed by atoms with Crippen LogP contribution in [0.15, 0.2) is 41.3 Å². The molecule has 2 aromatic rings. The molecule has 1 aliphatic rings. The molecule has 0 spiro atoms. The minimum absolute atomic E-state index is 0.0245. The number of halogens is 1. The van der Waals surface area contributed by atoms with Crippen molar-refractivity contribution >= 4 is 10.2 Å². The van der Waals surface area contributed by atoms with Crippen LogP contribution in [0.4, 0.5) is 4.39 Å². The molecule has 1 saturated carbocycles. The van der Waals surface area contributed by atoms with E-state index in [0.717, 1.165) is 41.1 Å². The number of ether oxygens (including phenoxy) is 1. The molecule has 0 unspecified atom stereocenters. The molecule has 182 valence electrons. The Labute approximate surface area is 195 Å². The number of aromatic nitrogens is 1. The second-order valence-electron chi connectivity index (χ2n) is 9.08. The molecule has 0 amide bonds. The summed E-state index contributed by atoms with van der Waals surface area (Å²) in [6.45, 7) is 2.21. The number of pyridine rings is 1. The average Bonchev–Trinajstić information content (AvgIpc) is 2.77. The van der Waals surface area contributed by atoms with Crippen molar-refractivity contribution in [2.75, 3.05) is 27.2 Å². The molecule has 0 aliphatic heterocycles. The van der Waals surface area contributed by atoms with Gasteiger partial charge in [0.2, 0.25) is 0 Å². The predicted molar refractivity (Wildman–Crippen MR) is 127 cm³/mol. The van der Waals surface area contributed by atoms with Gasteiger partial charge in [-0.25, -0.2) is 9.11 Å². The zero-order valence-electron chi connectivity index (χ0n) is 19.8. The second-order valence-corrected chi connectivity index (χ2v) is 11.1. The molecule has 0 radical (unpaired) electrons. The second kappa shape index (κ2) is 10.9. The predicted octanol–water partition coefficient (Wildman–Crippen LogP) is 3.06.